The van der Waals surface area contributed by atoms with Crippen LogP contribution in [0.1, 0.15) is 258 Å². The minimum Gasteiger partial charge on any atom is -0.394 e. The Hall–Kier alpha value is -3.03. The second-order valence-electron chi connectivity index (χ2n) is 26.4. The molecule has 19 heteroatoms. The SMILES string of the molecule is CC/C=C\C/C=C\C/C=C\C/C=C\C/C=C\C/C=C\C/C=C\CCCCCC(=O)NC(COC1OC(CO)C(OC2OC(CO)C(OC3OC(CO)C(O)C(O)C3O)C(O)C2O)C(O)C1O)C(O)CCCCCCCCCCCCCCCCCCCCCCCCCCC. The molecule has 17 unspecified atom stereocenters. The molecule has 1 amide bonds. The molecule has 95 heavy (non-hydrogen) atoms. The molecule has 0 radical (unpaired) electrons. The number of ether oxygens (including phenoxy) is 6. The van der Waals surface area contributed by atoms with E-state index in [4.69, 9.17) is 28.4 Å². The summed E-state index contributed by atoms with van der Waals surface area (Å²) < 4.78 is 34.4. The Bertz CT molecular complexity index is 2050. The summed E-state index contributed by atoms with van der Waals surface area (Å²) in [4.78, 5) is 13.5. The first kappa shape index (κ1) is 86.2. The highest BCUT2D eigenvalue weighted by molar-refractivity contribution is 5.76. The summed E-state index contributed by atoms with van der Waals surface area (Å²) >= 11 is 0. The van der Waals surface area contributed by atoms with Crippen LogP contribution < -0.4 is 5.32 Å². The van der Waals surface area contributed by atoms with Crippen molar-refractivity contribution in [1.29, 1.82) is 0 Å². The summed E-state index contributed by atoms with van der Waals surface area (Å²) in [5, 5.41) is 121. The van der Waals surface area contributed by atoms with Gasteiger partial charge in [0, 0.05) is 6.42 Å². The van der Waals surface area contributed by atoms with Gasteiger partial charge in [-0.05, 0) is 70.6 Å². The van der Waals surface area contributed by atoms with Gasteiger partial charge in [-0.25, -0.2) is 0 Å². The predicted molar refractivity (Wildman–Crippen MR) is 374 cm³/mol. The van der Waals surface area contributed by atoms with Crippen molar-refractivity contribution in [1.82, 2.24) is 5.32 Å². The molecule has 3 aliphatic rings. The molecule has 0 aromatic carbocycles. The van der Waals surface area contributed by atoms with E-state index in [-0.39, 0.29) is 18.9 Å². The summed E-state index contributed by atoms with van der Waals surface area (Å²) in [6, 6.07) is -0.913. The fourth-order valence-electron chi connectivity index (χ4n) is 12.2. The summed E-state index contributed by atoms with van der Waals surface area (Å²) in [6.45, 7) is 1.68. The first-order valence-electron chi connectivity index (χ1n) is 37.3. The number of rotatable bonds is 57. The van der Waals surface area contributed by atoms with Gasteiger partial charge in [-0.15, -0.1) is 0 Å². The number of unbranched alkanes of at least 4 members (excludes halogenated alkanes) is 27. The summed E-state index contributed by atoms with van der Waals surface area (Å²) in [5.41, 5.74) is 0. The van der Waals surface area contributed by atoms with Crippen molar-refractivity contribution in [2.45, 2.75) is 362 Å². The number of carbonyl (C=O) groups excluding carboxylic acids is 1. The number of hydrogen-bond donors (Lipinski definition) is 12. The number of hydrogen-bond acceptors (Lipinski definition) is 18. The molecule has 3 heterocycles. The van der Waals surface area contributed by atoms with Crippen LogP contribution in [0.3, 0.4) is 0 Å². The molecule has 0 aliphatic carbocycles. The van der Waals surface area contributed by atoms with Crippen LogP contribution in [0.25, 0.3) is 0 Å². The summed E-state index contributed by atoms with van der Waals surface area (Å²) in [6.07, 6.45) is 46.6. The molecule has 12 N–H and O–H groups in total. The fourth-order valence-corrected chi connectivity index (χ4v) is 12.2. The highest BCUT2D eigenvalue weighted by Gasteiger charge is 2.53. The molecule has 0 aromatic rings. The molecule has 0 bridgehead atoms. The van der Waals surface area contributed by atoms with Crippen molar-refractivity contribution < 1.29 is 89.4 Å². The van der Waals surface area contributed by atoms with E-state index >= 15 is 0 Å². The van der Waals surface area contributed by atoms with Gasteiger partial charge in [-0.2, -0.15) is 0 Å². The third kappa shape index (κ3) is 37.8. The highest BCUT2D eigenvalue weighted by Crippen LogP contribution is 2.33. The number of amides is 1. The molecule has 3 rings (SSSR count). The monoisotopic (exact) mass is 1350 g/mol. The van der Waals surface area contributed by atoms with E-state index in [2.05, 4.69) is 104 Å². The Morgan fingerprint density at radius 3 is 1.13 bits per heavy atom. The minimum absolute atomic E-state index is 0.222. The maximum absolute atomic E-state index is 13.5. The van der Waals surface area contributed by atoms with Gasteiger partial charge in [0.25, 0.3) is 0 Å². The Labute approximate surface area is 571 Å². The van der Waals surface area contributed by atoms with E-state index in [1.807, 2.05) is 0 Å². The predicted octanol–water partition coefficient (Wildman–Crippen LogP) is 11.1. The molecule has 17 atom stereocenters. The molecule has 3 saturated heterocycles. The van der Waals surface area contributed by atoms with Crippen LogP contribution >= 0.6 is 0 Å². The van der Waals surface area contributed by atoms with E-state index in [1.165, 1.54) is 135 Å². The van der Waals surface area contributed by atoms with E-state index < -0.39 is 124 Å². The van der Waals surface area contributed by atoms with Crippen molar-refractivity contribution in [3.63, 3.8) is 0 Å². The van der Waals surface area contributed by atoms with Crippen LogP contribution in [0.2, 0.25) is 0 Å². The van der Waals surface area contributed by atoms with Gasteiger partial charge in [0.15, 0.2) is 18.9 Å². The quantitative estimate of drug-likeness (QED) is 0.0199. The Morgan fingerprint density at radius 2 is 0.726 bits per heavy atom. The maximum atomic E-state index is 13.5. The zero-order chi connectivity index (χ0) is 68.9. The number of carbonyl (C=O) groups is 1. The normalized spacial score (nSPS) is 27.7. The molecule has 550 valence electrons. The second kappa shape index (κ2) is 56.7. The number of allylic oxidation sites excluding steroid dienone is 14. The third-order valence-electron chi connectivity index (χ3n) is 18.2. The highest BCUT2D eigenvalue weighted by atomic mass is 16.8. The molecule has 0 saturated carbocycles. The molecule has 19 nitrogen and oxygen atoms in total. The Morgan fingerprint density at radius 1 is 0.389 bits per heavy atom. The molecule has 0 spiro atoms. The van der Waals surface area contributed by atoms with Crippen molar-refractivity contribution in [2.75, 3.05) is 26.4 Å². The number of nitrogens with one attached hydrogen (secondary N) is 1. The lowest BCUT2D eigenvalue weighted by atomic mass is 9.96. The van der Waals surface area contributed by atoms with Crippen molar-refractivity contribution in [3.05, 3.63) is 85.1 Å². The zero-order valence-corrected chi connectivity index (χ0v) is 58.4. The van der Waals surface area contributed by atoms with Crippen LogP contribution in [0, 0.1) is 0 Å². The maximum Gasteiger partial charge on any atom is 0.220 e. The van der Waals surface area contributed by atoms with Crippen molar-refractivity contribution in [3.8, 4) is 0 Å². The number of aliphatic hydroxyl groups is 11. The van der Waals surface area contributed by atoms with Crippen molar-refractivity contribution in [2.24, 2.45) is 0 Å². The average molecular weight is 1350 g/mol. The standard InChI is InChI=1S/C76H133NO18/c1-3-5-7-9-11-13-15-17-19-21-23-25-27-29-31-33-35-37-39-41-43-45-47-49-51-53-60(81)59(77-64(82)54-52-50-48-46-44-42-40-38-36-34-32-30-28-26-24-22-20-18-16-14-12-10-8-6-4-2)58-90-74-70(88)67(85)72(62(56-79)92-74)95-76-71(89)68(86)73(63(57-80)93-76)94-75-69(87)66(84)65(83)61(55-78)91-75/h6,8,12,14,18,20,24,26,30,32,36,38,42,44,59-63,65-76,78-81,83-89H,3-5,7,9-11,13,15-17,19,21-23,25,27-29,31,33-35,37,39-41,43,45-58H2,1-2H3,(H,77,82)/b8-6-,14-12-,20-18-,26-24-,32-30-,38-36-,44-42-. The zero-order valence-electron chi connectivity index (χ0n) is 58.4. The minimum atomic E-state index is -1.98. The van der Waals surface area contributed by atoms with E-state index in [0.717, 1.165) is 89.9 Å². The average Bonchev–Trinajstić information content (AvgIpc) is 0.787. The van der Waals surface area contributed by atoms with Crippen LogP contribution in [-0.4, -0.2) is 193 Å². The van der Waals surface area contributed by atoms with E-state index in [1.54, 1.807) is 0 Å². The van der Waals surface area contributed by atoms with Gasteiger partial charge in [0.05, 0.1) is 38.6 Å². The lowest BCUT2D eigenvalue weighted by Gasteiger charge is -2.48. The van der Waals surface area contributed by atoms with Crippen LogP contribution in [0.15, 0.2) is 85.1 Å². The smallest absolute Gasteiger partial charge is 0.220 e. The molecule has 3 fully saturated rings. The largest absolute Gasteiger partial charge is 0.394 e. The molecular weight excluding hydrogens is 1210 g/mol. The topological polar surface area (TPSA) is 307 Å². The van der Waals surface area contributed by atoms with Gasteiger partial charge in [-0.3, -0.25) is 4.79 Å². The van der Waals surface area contributed by atoms with Crippen LogP contribution in [-0.2, 0) is 33.2 Å². The van der Waals surface area contributed by atoms with Gasteiger partial charge in [0.1, 0.15) is 73.2 Å². The lowest BCUT2D eigenvalue weighted by molar-refractivity contribution is -0.379. The fraction of sp³-hybridized carbons (Fsp3) is 0.803. The number of aliphatic hydroxyl groups excluding tert-OH is 11. The van der Waals surface area contributed by atoms with E-state index in [0.29, 0.717) is 12.8 Å². The Balaban J connectivity index is 1.43. The van der Waals surface area contributed by atoms with Gasteiger partial charge < -0.3 is 89.9 Å². The molecule has 3 aliphatic heterocycles. The summed E-state index contributed by atoms with van der Waals surface area (Å²) in [7, 11) is 0. The first-order chi connectivity index (χ1) is 46.3. The van der Waals surface area contributed by atoms with Gasteiger partial charge >= 0.3 is 0 Å². The lowest BCUT2D eigenvalue weighted by Crippen LogP contribution is -2.66. The third-order valence-corrected chi connectivity index (χ3v) is 18.2. The second-order valence-corrected chi connectivity index (χ2v) is 26.4. The Kier molecular flexibility index (Phi) is 51.4. The van der Waals surface area contributed by atoms with Gasteiger partial charge in [0.2, 0.25) is 5.91 Å². The van der Waals surface area contributed by atoms with E-state index in [9.17, 15) is 61.0 Å². The van der Waals surface area contributed by atoms with Gasteiger partial charge in [-0.1, -0.05) is 266 Å². The van der Waals surface area contributed by atoms with Crippen LogP contribution in [0.5, 0.6) is 0 Å². The molecule has 0 aromatic heterocycles. The summed E-state index contributed by atoms with van der Waals surface area (Å²) in [5.74, 6) is -0.275. The van der Waals surface area contributed by atoms with Crippen LogP contribution in [0.4, 0.5) is 0 Å². The first-order valence-corrected chi connectivity index (χ1v) is 37.3. The van der Waals surface area contributed by atoms with Crippen molar-refractivity contribution >= 4 is 5.91 Å². The molecular formula is C76H133NO18.